The highest BCUT2D eigenvalue weighted by molar-refractivity contribution is 6.35. The Hall–Kier alpha value is -2.93. The number of alkyl halides is 3. The number of benzene rings is 3. The summed E-state index contributed by atoms with van der Waals surface area (Å²) in [6.07, 6.45) is -4.60. The highest BCUT2D eigenvalue weighted by atomic mass is 35.5. The van der Waals surface area contributed by atoms with Crippen LogP contribution >= 0.6 is 34.8 Å². The van der Waals surface area contributed by atoms with Crippen LogP contribution in [0.1, 0.15) is 21.6 Å². The second-order valence-corrected chi connectivity index (χ2v) is 8.87. The Kier molecular flexibility index (Phi) is 6.42. The van der Waals surface area contributed by atoms with Crippen LogP contribution in [0.3, 0.4) is 0 Å². The fraction of sp³-hybridized carbons (Fsp3) is 0.0800. The maximum atomic E-state index is 13.5. The lowest BCUT2D eigenvalue weighted by atomic mass is 9.96. The van der Waals surface area contributed by atoms with Crippen LogP contribution in [0.25, 0.3) is 28.1 Å². The predicted octanol–water partition coefficient (Wildman–Crippen LogP) is 8.20. The van der Waals surface area contributed by atoms with Crippen LogP contribution in [0.15, 0.2) is 66.7 Å². The molecule has 1 aromatic heterocycles. The molecule has 0 aliphatic heterocycles. The number of rotatable bonds is 4. The van der Waals surface area contributed by atoms with E-state index >= 15 is 0 Å². The maximum absolute atomic E-state index is 13.5. The number of primary amides is 1. The first kappa shape index (κ1) is 24.2. The predicted molar refractivity (Wildman–Crippen MR) is 130 cm³/mol. The Morgan fingerprint density at radius 1 is 0.853 bits per heavy atom. The van der Waals surface area contributed by atoms with Gasteiger partial charge in [-0.1, -0.05) is 46.9 Å². The van der Waals surface area contributed by atoms with Crippen LogP contribution in [0, 0.1) is 6.92 Å². The van der Waals surface area contributed by atoms with E-state index in [1.54, 1.807) is 60.0 Å². The van der Waals surface area contributed by atoms with Gasteiger partial charge in [-0.15, -0.1) is 0 Å². The van der Waals surface area contributed by atoms with Gasteiger partial charge in [-0.25, -0.2) is 0 Å². The van der Waals surface area contributed by atoms with Crippen molar-refractivity contribution in [2.75, 3.05) is 0 Å². The number of carbonyl (C=O) groups is 1. The van der Waals surface area contributed by atoms with Crippen molar-refractivity contribution < 1.29 is 18.0 Å². The molecule has 3 aromatic carbocycles. The molecule has 0 fully saturated rings. The first-order valence-electron chi connectivity index (χ1n) is 9.92. The van der Waals surface area contributed by atoms with Crippen LogP contribution in [-0.2, 0) is 6.18 Å². The van der Waals surface area contributed by atoms with E-state index in [1.165, 1.54) is 0 Å². The number of carbonyl (C=O) groups excluding carboxylic acids is 1. The van der Waals surface area contributed by atoms with Gasteiger partial charge in [0, 0.05) is 26.9 Å². The molecule has 0 unspecified atom stereocenters. The van der Waals surface area contributed by atoms with Gasteiger partial charge in [0.25, 0.3) is 0 Å². The number of aromatic nitrogens is 1. The summed E-state index contributed by atoms with van der Waals surface area (Å²) in [6, 6.07) is 16.5. The fourth-order valence-corrected chi connectivity index (χ4v) is 4.46. The molecule has 0 saturated heterocycles. The molecule has 0 aliphatic rings. The Balaban J connectivity index is 2.06. The number of halogens is 6. The molecule has 0 radical (unpaired) electrons. The van der Waals surface area contributed by atoms with E-state index in [4.69, 9.17) is 40.5 Å². The standard InChI is InChI=1S/C25H16Cl3F3N2O/c1-13-19(20-10-15(25(29,30)31)4-8-18(20)24(32)34)12-23(14-2-5-16(26)6-3-14)33(13)22-9-7-17(27)11-21(22)28/h2-12H,1H3,(H2,32,34). The molecule has 0 atom stereocenters. The fourth-order valence-electron chi connectivity index (χ4n) is 3.84. The molecule has 1 amide bonds. The monoisotopic (exact) mass is 522 g/mol. The molecule has 0 spiro atoms. The number of hydrogen-bond acceptors (Lipinski definition) is 1. The van der Waals surface area contributed by atoms with Gasteiger partial charge in [0.05, 0.1) is 22.0 Å². The van der Waals surface area contributed by atoms with E-state index in [-0.39, 0.29) is 11.1 Å². The Labute approximate surface area is 208 Å². The van der Waals surface area contributed by atoms with Gasteiger partial charge in [-0.2, -0.15) is 13.2 Å². The lowest BCUT2D eigenvalue weighted by molar-refractivity contribution is -0.137. The summed E-state index contributed by atoms with van der Waals surface area (Å²) >= 11 is 18.6. The average molecular weight is 524 g/mol. The minimum absolute atomic E-state index is 0.0295. The maximum Gasteiger partial charge on any atom is 0.416 e. The normalized spacial score (nSPS) is 11.6. The van der Waals surface area contributed by atoms with Crippen molar-refractivity contribution in [2.45, 2.75) is 13.1 Å². The molecular weight excluding hydrogens is 508 g/mol. The summed E-state index contributed by atoms with van der Waals surface area (Å²) in [5.41, 5.74) is 7.53. The zero-order valence-corrected chi connectivity index (χ0v) is 19.8. The first-order valence-corrected chi connectivity index (χ1v) is 11.1. The van der Waals surface area contributed by atoms with Gasteiger partial charge in [-0.3, -0.25) is 4.79 Å². The SMILES string of the molecule is Cc1c(-c2cc(C(F)(F)F)ccc2C(N)=O)cc(-c2ccc(Cl)cc2)n1-c1ccc(Cl)cc1Cl. The first-order chi connectivity index (χ1) is 16.0. The highest BCUT2D eigenvalue weighted by Gasteiger charge is 2.32. The van der Waals surface area contributed by atoms with Gasteiger partial charge >= 0.3 is 6.18 Å². The Bertz CT molecular complexity index is 1410. The second kappa shape index (κ2) is 9.02. The largest absolute Gasteiger partial charge is 0.416 e. The quantitative estimate of drug-likeness (QED) is 0.288. The molecule has 0 bridgehead atoms. The van der Waals surface area contributed by atoms with E-state index < -0.39 is 17.6 Å². The number of nitrogens with zero attached hydrogens (tertiary/aromatic N) is 1. The van der Waals surface area contributed by atoms with Gasteiger partial charge in [-0.05, 0) is 72.6 Å². The van der Waals surface area contributed by atoms with Gasteiger partial charge in [0.15, 0.2) is 0 Å². The Morgan fingerprint density at radius 2 is 1.50 bits per heavy atom. The van der Waals surface area contributed by atoms with Crippen LogP contribution in [0.2, 0.25) is 15.1 Å². The van der Waals surface area contributed by atoms with Crippen molar-refractivity contribution in [1.82, 2.24) is 4.57 Å². The van der Waals surface area contributed by atoms with E-state index in [2.05, 4.69) is 0 Å². The zero-order valence-electron chi connectivity index (χ0n) is 17.6. The van der Waals surface area contributed by atoms with E-state index in [1.807, 2.05) is 0 Å². The van der Waals surface area contributed by atoms with Crippen molar-refractivity contribution in [2.24, 2.45) is 5.73 Å². The average Bonchev–Trinajstić information content (AvgIpc) is 3.10. The minimum Gasteiger partial charge on any atom is -0.366 e. The summed E-state index contributed by atoms with van der Waals surface area (Å²) < 4.78 is 42.3. The topological polar surface area (TPSA) is 48.0 Å². The summed E-state index contributed by atoms with van der Waals surface area (Å²) in [5.74, 6) is -0.839. The molecule has 174 valence electrons. The summed E-state index contributed by atoms with van der Waals surface area (Å²) in [4.78, 5) is 12.1. The van der Waals surface area contributed by atoms with Gasteiger partial charge in [0.2, 0.25) is 5.91 Å². The number of amides is 1. The van der Waals surface area contributed by atoms with Crippen LogP contribution < -0.4 is 5.73 Å². The van der Waals surface area contributed by atoms with Crippen molar-refractivity contribution >= 4 is 40.7 Å². The van der Waals surface area contributed by atoms with Crippen molar-refractivity contribution in [3.8, 4) is 28.1 Å². The molecule has 0 saturated carbocycles. The number of nitrogens with two attached hydrogens (primary N) is 1. The van der Waals surface area contributed by atoms with Crippen molar-refractivity contribution in [3.63, 3.8) is 0 Å². The van der Waals surface area contributed by atoms with Gasteiger partial charge in [0.1, 0.15) is 0 Å². The molecule has 4 rings (SSSR count). The molecule has 1 heterocycles. The summed E-state index contributed by atoms with van der Waals surface area (Å²) in [6.45, 7) is 1.73. The van der Waals surface area contributed by atoms with Crippen LogP contribution in [-0.4, -0.2) is 10.5 Å². The molecule has 3 nitrogen and oxygen atoms in total. The van der Waals surface area contributed by atoms with Crippen molar-refractivity contribution in [1.29, 1.82) is 0 Å². The smallest absolute Gasteiger partial charge is 0.366 e. The molecule has 9 heteroatoms. The summed E-state index contributed by atoms with van der Waals surface area (Å²) in [7, 11) is 0. The Morgan fingerprint density at radius 3 is 2.09 bits per heavy atom. The third kappa shape index (κ3) is 4.53. The lowest BCUT2D eigenvalue weighted by Gasteiger charge is -2.15. The zero-order chi connectivity index (χ0) is 24.8. The van der Waals surface area contributed by atoms with E-state index in [0.29, 0.717) is 37.7 Å². The number of hydrogen-bond donors (Lipinski definition) is 1. The molecule has 34 heavy (non-hydrogen) atoms. The lowest BCUT2D eigenvalue weighted by Crippen LogP contribution is -2.14. The molecule has 4 aromatic rings. The molecular formula is C25H16Cl3F3N2O. The molecule has 2 N–H and O–H groups in total. The van der Waals surface area contributed by atoms with Crippen LogP contribution in [0.5, 0.6) is 0 Å². The third-order valence-electron chi connectivity index (χ3n) is 5.44. The van der Waals surface area contributed by atoms with E-state index in [0.717, 1.165) is 23.8 Å². The van der Waals surface area contributed by atoms with Crippen LogP contribution in [0.4, 0.5) is 13.2 Å². The minimum atomic E-state index is -4.60. The highest BCUT2D eigenvalue weighted by Crippen LogP contribution is 2.40. The van der Waals surface area contributed by atoms with E-state index in [9.17, 15) is 18.0 Å². The van der Waals surface area contributed by atoms with Crippen molar-refractivity contribution in [3.05, 3.63) is 98.6 Å². The third-order valence-corrected chi connectivity index (χ3v) is 6.23. The summed E-state index contributed by atoms with van der Waals surface area (Å²) in [5, 5.41) is 1.30. The second-order valence-electron chi connectivity index (χ2n) is 7.59. The molecule has 0 aliphatic carbocycles. The van der Waals surface area contributed by atoms with Gasteiger partial charge < -0.3 is 10.3 Å².